The molecule has 0 aliphatic carbocycles. The topological polar surface area (TPSA) is 61.8 Å². The van der Waals surface area contributed by atoms with Gasteiger partial charge in [-0.05, 0) is 19.1 Å². The van der Waals surface area contributed by atoms with Gasteiger partial charge < -0.3 is 9.67 Å². The van der Waals surface area contributed by atoms with Crippen molar-refractivity contribution in [3.05, 3.63) is 53.4 Å². The molecule has 2 atom stereocenters. The van der Waals surface area contributed by atoms with E-state index in [0.717, 1.165) is 0 Å². The van der Waals surface area contributed by atoms with Crippen LogP contribution in [0.15, 0.2) is 30.7 Å². The average Bonchev–Trinajstić information content (AvgIpc) is 2.93. The molecule has 1 unspecified atom stereocenters. The Balaban J connectivity index is 2.09. The summed E-state index contributed by atoms with van der Waals surface area (Å²) < 4.78 is 15.9. The minimum absolute atomic E-state index is 0.289. The monoisotopic (exact) mass is 257 g/mol. The molecule has 1 aliphatic heterocycles. The molecule has 0 bridgehead atoms. The number of fused-ring (bicyclic) bond motifs is 1. The molecule has 0 amide bonds. The maximum absolute atomic E-state index is 14.1. The van der Waals surface area contributed by atoms with Crippen LogP contribution >= 0.6 is 0 Å². The lowest BCUT2D eigenvalue weighted by molar-refractivity contribution is 0.0559. The molecular weight excluding hydrogens is 245 g/mol. The highest BCUT2D eigenvalue weighted by molar-refractivity contribution is 5.36. The third-order valence-electron chi connectivity index (χ3n) is 3.63. The van der Waals surface area contributed by atoms with Gasteiger partial charge in [0, 0.05) is 12.0 Å². The third kappa shape index (κ3) is 1.72. The number of hydrogen-bond acceptors (Lipinski definition) is 3. The van der Waals surface area contributed by atoms with E-state index in [4.69, 9.17) is 5.26 Å². The summed E-state index contributed by atoms with van der Waals surface area (Å²) in [6, 6.07) is 6.02. The summed E-state index contributed by atoms with van der Waals surface area (Å²) in [5, 5.41) is 19.1. The quantitative estimate of drug-likeness (QED) is 0.851. The van der Waals surface area contributed by atoms with Crippen molar-refractivity contribution in [3.8, 4) is 6.07 Å². The SMILES string of the molecule is CC1(O)C[C@H](c2ccc(C#N)cc2F)n2cncc21. The number of aliphatic hydroxyl groups is 1. The largest absolute Gasteiger partial charge is 0.384 e. The standard InChI is InChI=1S/C14H12FN3O/c1-14(19)5-12(18-8-17-7-13(14)18)10-3-2-9(6-16)4-11(10)15/h2-4,7-8,12,19H,5H2,1H3/t12-,14?/m1/s1. The molecule has 19 heavy (non-hydrogen) atoms. The number of halogens is 1. The van der Waals surface area contributed by atoms with Crippen LogP contribution in [-0.4, -0.2) is 14.7 Å². The number of nitriles is 1. The Bertz CT molecular complexity index is 684. The van der Waals surface area contributed by atoms with Crippen LogP contribution < -0.4 is 0 Å². The molecule has 0 fully saturated rings. The highest BCUT2D eigenvalue weighted by Gasteiger charge is 2.40. The lowest BCUT2D eigenvalue weighted by Crippen LogP contribution is -2.17. The van der Waals surface area contributed by atoms with Crippen LogP contribution in [0.3, 0.4) is 0 Å². The molecular formula is C14H12FN3O. The number of aromatic nitrogens is 2. The van der Waals surface area contributed by atoms with E-state index >= 15 is 0 Å². The Hall–Kier alpha value is -2.19. The van der Waals surface area contributed by atoms with Crippen LogP contribution in [0.2, 0.25) is 0 Å². The number of imidazole rings is 1. The molecule has 0 saturated heterocycles. The molecule has 0 radical (unpaired) electrons. The van der Waals surface area contributed by atoms with Gasteiger partial charge >= 0.3 is 0 Å². The molecule has 1 aromatic carbocycles. The van der Waals surface area contributed by atoms with Crippen LogP contribution in [0.4, 0.5) is 4.39 Å². The predicted octanol–water partition coefficient (Wildman–Crippen LogP) is 2.09. The fourth-order valence-electron chi connectivity index (χ4n) is 2.68. The first-order valence-electron chi connectivity index (χ1n) is 5.97. The van der Waals surface area contributed by atoms with Gasteiger partial charge in [0.25, 0.3) is 0 Å². The van der Waals surface area contributed by atoms with Crippen molar-refractivity contribution in [2.24, 2.45) is 0 Å². The van der Waals surface area contributed by atoms with E-state index < -0.39 is 11.4 Å². The smallest absolute Gasteiger partial charge is 0.129 e. The molecule has 5 heteroatoms. The van der Waals surface area contributed by atoms with Gasteiger partial charge in [-0.25, -0.2) is 9.37 Å². The Morgan fingerprint density at radius 1 is 1.58 bits per heavy atom. The van der Waals surface area contributed by atoms with Crippen molar-refractivity contribution in [3.63, 3.8) is 0 Å². The molecule has 3 rings (SSSR count). The van der Waals surface area contributed by atoms with Gasteiger partial charge in [-0.2, -0.15) is 5.26 Å². The van der Waals surface area contributed by atoms with Gasteiger partial charge in [0.05, 0.1) is 35.9 Å². The van der Waals surface area contributed by atoms with Gasteiger partial charge in [-0.1, -0.05) is 6.07 Å². The van der Waals surface area contributed by atoms with E-state index in [1.165, 1.54) is 6.07 Å². The first-order chi connectivity index (χ1) is 9.03. The zero-order valence-electron chi connectivity index (χ0n) is 10.3. The van der Waals surface area contributed by atoms with Gasteiger partial charge in [-0.15, -0.1) is 0 Å². The normalized spacial score (nSPS) is 25.1. The fourth-order valence-corrected chi connectivity index (χ4v) is 2.68. The third-order valence-corrected chi connectivity index (χ3v) is 3.63. The van der Waals surface area contributed by atoms with Gasteiger partial charge in [0.2, 0.25) is 0 Å². The van der Waals surface area contributed by atoms with E-state index in [2.05, 4.69) is 4.98 Å². The molecule has 1 aliphatic rings. The van der Waals surface area contributed by atoms with Gasteiger partial charge in [-0.3, -0.25) is 0 Å². The number of hydrogen-bond donors (Lipinski definition) is 1. The van der Waals surface area contributed by atoms with E-state index in [1.807, 2.05) is 6.07 Å². The summed E-state index contributed by atoms with van der Waals surface area (Å²) in [5.74, 6) is -0.429. The number of rotatable bonds is 1. The van der Waals surface area contributed by atoms with Crippen molar-refractivity contribution in [1.82, 2.24) is 9.55 Å². The minimum atomic E-state index is -1.01. The zero-order valence-corrected chi connectivity index (χ0v) is 10.3. The predicted molar refractivity (Wildman–Crippen MR) is 65.7 cm³/mol. The van der Waals surface area contributed by atoms with Gasteiger partial charge in [0.1, 0.15) is 11.4 Å². The zero-order chi connectivity index (χ0) is 13.6. The van der Waals surface area contributed by atoms with Crippen LogP contribution in [0, 0.1) is 17.1 Å². The average molecular weight is 257 g/mol. The first-order valence-corrected chi connectivity index (χ1v) is 5.97. The molecule has 4 nitrogen and oxygen atoms in total. The van der Waals surface area contributed by atoms with Crippen molar-refractivity contribution in [2.75, 3.05) is 0 Å². The maximum atomic E-state index is 14.1. The summed E-state index contributed by atoms with van der Waals surface area (Å²) in [7, 11) is 0. The molecule has 1 N–H and O–H groups in total. The fraction of sp³-hybridized carbons (Fsp3) is 0.286. The summed E-state index contributed by atoms with van der Waals surface area (Å²) in [5.41, 5.74) is 0.427. The second-order valence-electron chi connectivity index (χ2n) is 5.03. The highest BCUT2D eigenvalue weighted by Crippen LogP contribution is 2.42. The second-order valence-corrected chi connectivity index (χ2v) is 5.03. The van der Waals surface area contributed by atoms with Crippen LogP contribution in [-0.2, 0) is 5.60 Å². The van der Waals surface area contributed by atoms with Crippen molar-refractivity contribution in [1.29, 1.82) is 5.26 Å². The Labute approximate surface area is 109 Å². The van der Waals surface area contributed by atoms with E-state index in [9.17, 15) is 9.50 Å². The Morgan fingerprint density at radius 2 is 2.37 bits per heavy atom. The maximum Gasteiger partial charge on any atom is 0.129 e. The second kappa shape index (κ2) is 3.90. The lowest BCUT2D eigenvalue weighted by Gasteiger charge is -2.17. The minimum Gasteiger partial charge on any atom is -0.384 e. The molecule has 96 valence electrons. The van der Waals surface area contributed by atoms with Crippen molar-refractivity contribution in [2.45, 2.75) is 25.0 Å². The van der Waals surface area contributed by atoms with Crippen LogP contribution in [0.25, 0.3) is 0 Å². The molecule has 0 saturated carbocycles. The summed E-state index contributed by atoms with van der Waals surface area (Å²) in [6.07, 6.45) is 3.59. The first kappa shape index (κ1) is 11.9. The summed E-state index contributed by atoms with van der Waals surface area (Å²) in [6.45, 7) is 1.70. The highest BCUT2D eigenvalue weighted by atomic mass is 19.1. The lowest BCUT2D eigenvalue weighted by atomic mass is 9.95. The molecule has 1 aromatic heterocycles. The Morgan fingerprint density at radius 3 is 3.05 bits per heavy atom. The van der Waals surface area contributed by atoms with Crippen molar-refractivity contribution < 1.29 is 9.50 Å². The summed E-state index contributed by atoms with van der Waals surface area (Å²) >= 11 is 0. The molecule has 2 heterocycles. The van der Waals surface area contributed by atoms with E-state index in [-0.39, 0.29) is 11.6 Å². The summed E-state index contributed by atoms with van der Waals surface area (Å²) in [4.78, 5) is 4.01. The molecule has 0 spiro atoms. The van der Waals surface area contributed by atoms with E-state index in [1.54, 1.807) is 36.1 Å². The number of nitrogens with zero attached hydrogens (tertiary/aromatic N) is 3. The van der Waals surface area contributed by atoms with Crippen molar-refractivity contribution >= 4 is 0 Å². The Kier molecular flexibility index (Phi) is 2.44. The van der Waals surface area contributed by atoms with E-state index in [0.29, 0.717) is 17.7 Å². The van der Waals surface area contributed by atoms with Crippen LogP contribution in [0.5, 0.6) is 0 Å². The van der Waals surface area contributed by atoms with Gasteiger partial charge in [0.15, 0.2) is 0 Å². The number of benzene rings is 1. The van der Waals surface area contributed by atoms with Crippen LogP contribution in [0.1, 0.15) is 36.2 Å². The molecule has 2 aromatic rings.